The Morgan fingerprint density at radius 1 is 1.25 bits per heavy atom. The first-order chi connectivity index (χ1) is 9.54. The molecule has 1 atom stereocenters. The third-order valence-corrected chi connectivity index (χ3v) is 3.86. The number of hydrogen-bond acceptors (Lipinski definition) is 3. The fraction of sp³-hybridized carbons (Fsp3) is 0.562. The van der Waals surface area contributed by atoms with Crippen LogP contribution in [0.5, 0.6) is 0 Å². The summed E-state index contributed by atoms with van der Waals surface area (Å²) in [5.41, 5.74) is 0.186. The van der Waals surface area contributed by atoms with Crippen molar-refractivity contribution in [1.82, 2.24) is 0 Å². The molecule has 0 aromatic heterocycles. The van der Waals surface area contributed by atoms with Crippen LogP contribution in [0.1, 0.15) is 38.7 Å². The first kappa shape index (κ1) is 16.7. The lowest BCUT2D eigenvalue weighted by Crippen LogP contribution is -2.35. The van der Waals surface area contributed by atoms with Gasteiger partial charge in [0.1, 0.15) is 0 Å². The third-order valence-electron chi connectivity index (χ3n) is 3.86. The molecule has 0 aliphatic rings. The number of aliphatic carboxylic acids is 1. The van der Waals surface area contributed by atoms with Crippen LogP contribution in [0.4, 0.5) is 0 Å². The zero-order chi connectivity index (χ0) is 15.0. The van der Waals surface area contributed by atoms with Gasteiger partial charge in [-0.2, -0.15) is 0 Å². The van der Waals surface area contributed by atoms with Crippen molar-refractivity contribution in [2.75, 3.05) is 6.61 Å². The average Bonchev–Trinajstić information content (AvgIpc) is 2.45. The molecule has 1 aromatic carbocycles. The van der Waals surface area contributed by atoms with E-state index in [1.807, 2.05) is 44.2 Å². The number of rotatable bonds is 9. The monoisotopic (exact) mass is 280 g/mol. The standard InChI is InChI=1S/C16H24O4/c1-3-16(4-2,15(18)19)10-14(17)12-20-11-13-8-6-5-7-9-13/h5-9,14,17H,3-4,10-12H2,1-2H3,(H,18,19). The van der Waals surface area contributed by atoms with Gasteiger partial charge in [0.15, 0.2) is 0 Å². The van der Waals surface area contributed by atoms with Gasteiger partial charge in [0.25, 0.3) is 0 Å². The number of aliphatic hydroxyl groups excluding tert-OH is 1. The molecular formula is C16H24O4. The fourth-order valence-corrected chi connectivity index (χ4v) is 2.33. The molecular weight excluding hydrogens is 256 g/mol. The molecule has 0 radical (unpaired) electrons. The summed E-state index contributed by atoms with van der Waals surface area (Å²) in [5, 5.41) is 19.3. The van der Waals surface area contributed by atoms with E-state index in [1.54, 1.807) is 0 Å². The predicted molar refractivity (Wildman–Crippen MR) is 77.4 cm³/mol. The van der Waals surface area contributed by atoms with Crippen LogP contribution < -0.4 is 0 Å². The van der Waals surface area contributed by atoms with Gasteiger partial charge in [0.2, 0.25) is 0 Å². The molecule has 0 spiro atoms. The van der Waals surface area contributed by atoms with Gasteiger partial charge in [0, 0.05) is 0 Å². The van der Waals surface area contributed by atoms with Crippen LogP contribution >= 0.6 is 0 Å². The van der Waals surface area contributed by atoms with E-state index in [4.69, 9.17) is 4.74 Å². The Balaban J connectivity index is 2.42. The Hall–Kier alpha value is -1.39. The maximum atomic E-state index is 11.4. The van der Waals surface area contributed by atoms with Crippen LogP contribution in [0, 0.1) is 5.41 Å². The van der Waals surface area contributed by atoms with Gasteiger partial charge in [-0.25, -0.2) is 0 Å². The Bertz CT molecular complexity index is 398. The van der Waals surface area contributed by atoms with Gasteiger partial charge in [-0.05, 0) is 24.8 Å². The Morgan fingerprint density at radius 3 is 2.35 bits per heavy atom. The van der Waals surface area contributed by atoms with Crippen LogP contribution in [0.15, 0.2) is 30.3 Å². The highest BCUT2D eigenvalue weighted by Gasteiger charge is 2.36. The zero-order valence-corrected chi connectivity index (χ0v) is 12.2. The lowest BCUT2D eigenvalue weighted by atomic mass is 9.77. The molecule has 1 unspecified atom stereocenters. The van der Waals surface area contributed by atoms with Crippen LogP contribution in [-0.4, -0.2) is 28.9 Å². The molecule has 20 heavy (non-hydrogen) atoms. The topological polar surface area (TPSA) is 66.8 Å². The van der Waals surface area contributed by atoms with Crippen molar-refractivity contribution in [2.24, 2.45) is 5.41 Å². The van der Waals surface area contributed by atoms with Gasteiger partial charge in [-0.15, -0.1) is 0 Å². The number of carboxylic acid groups (broad SMARTS) is 1. The summed E-state index contributed by atoms with van der Waals surface area (Å²) in [5.74, 6) is -0.843. The molecule has 1 rings (SSSR count). The summed E-state index contributed by atoms with van der Waals surface area (Å²) < 4.78 is 5.45. The molecule has 0 saturated heterocycles. The quantitative estimate of drug-likeness (QED) is 0.730. The van der Waals surface area contributed by atoms with Crippen molar-refractivity contribution in [2.45, 2.75) is 45.8 Å². The molecule has 4 nitrogen and oxygen atoms in total. The smallest absolute Gasteiger partial charge is 0.309 e. The van der Waals surface area contributed by atoms with Crippen molar-refractivity contribution < 1.29 is 19.7 Å². The lowest BCUT2D eigenvalue weighted by molar-refractivity contribution is -0.152. The molecule has 0 aliphatic heterocycles. The van der Waals surface area contributed by atoms with Gasteiger partial charge in [0.05, 0.1) is 24.7 Å². The molecule has 0 heterocycles. The van der Waals surface area contributed by atoms with Crippen LogP contribution in [0.25, 0.3) is 0 Å². The first-order valence-corrected chi connectivity index (χ1v) is 7.07. The molecule has 0 bridgehead atoms. The highest BCUT2D eigenvalue weighted by atomic mass is 16.5. The number of carbonyl (C=O) groups is 1. The number of carboxylic acids is 1. The highest BCUT2D eigenvalue weighted by Crippen LogP contribution is 2.32. The normalized spacial score (nSPS) is 13.2. The molecule has 0 amide bonds. The summed E-state index contributed by atoms with van der Waals surface area (Å²) in [6, 6.07) is 9.69. The minimum absolute atomic E-state index is 0.157. The average molecular weight is 280 g/mol. The van der Waals surface area contributed by atoms with Crippen molar-refractivity contribution >= 4 is 5.97 Å². The second-order valence-corrected chi connectivity index (χ2v) is 5.15. The molecule has 4 heteroatoms. The van der Waals surface area contributed by atoms with E-state index in [9.17, 15) is 15.0 Å². The minimum atomic E-state index is -0.852. The number of benzene rings is 1. The Morgan fingerprint density at radius 2 is 1.85 bits per heavy atom. The summed E-state index contributed by atoms with van der Waals surface area (Å²) in [4.78, 5) is 11.4. The third kappa shape index (κ3) is 4.62. The highest BCUT2D eigenvalue weighted by molar-refractivity contribution is 5.74. The van der Waals surface area contributed by atoms with Crippen molar-refractivity contribution in [3.05, 3.63) is 35.9 Å². The summed E-state index contributed by atoms with van der Waals surface area (Å²) >= 11 is 0. The largest absolute Gasteiger partial charge is 0.481 e. The molecule has 2 N–H and O–H groups in total. The van der Waals surface area contributed by atoms with Crippen molar-refractivity contribution in [1.29, 1.82) is 0 Å². The summed E-state index contributed by atoms with van der Waals surface area (Å²) in [6.07, 6.45) is 0.488. The number of aliphatic hydroxyl groups is 1. The van der Waals surface area contributed by atoms with E-state index >= 15 is 0 Å². The second-order valence-electron chi connectivity index (χ2n) is 5.15. The molecule has 0 saturated carbocycles. The number of ether oxygens (including phenoxy) is 1. The van der Waals surface area contributed by atoms with Crippen molar-refractivity contribution in [3.8, 4) is 0 Å². The van der Waals surface area contributed by atoms with Crippen LogP contribution in [0.3, 0.4) is 0 Å². The number of hydrogen-bond donors (Lipinski definition) is 2. The molecule has 0 fully saturated rings. The lowest BCUT2D eigenvalue weighted by Gasteiger charge is -2.29. The summed E-state index contributed by atoms with van der Waals surface area (Å²) in [6.45, 7) is 4.27. The van der Waals surface area contributed by atoms with Gasteiger partial charge in [-0.3, -0.25) is 4.79 Å². The zero-order valence-electron chi connectivity index (χ0n) is 12.2. The van der Waals surface area contributed by atoms with E-state index in [0.717, 1.165) is 5.56 Å². The van der Waals surface area contributed by atoms with Gasteiger partial charge < -0.3 is 14.9 Å². The fourth-order valence-electron chi connectivity index (χ4n) is 2.33. The maximum absolute atomic E-state index is 11.4. The predicted octanol–water partition coefficient (Wildman–Crippen LogP) is 2.85. The van der Waals surface area contributed by atoms with Gasteiger partial charge >= 0.3 is 5.97 Å². The van der Waals surface area contributed by atoms with E-state index < -0.39 is 17.5 Å². The van der Waals surface area contributed by atoms with Gasteiger partial charge in [-0.1, -0.05) is 44.2 Å². The minimum Gasteiger partial charge on any atom is -0.481 e. The van der Waals surface area contributed by atoms with Crippen LogP contribution in [0.2, 0.25) is 0 Å². The van der Waals surface area contributed by atoms with E-state index in [0.29, 0.717) is 19.4 Å². The Labute approximate surface area is 120 Å². The maximum Gasteiger partial charge on any atom is 0.309 e. The van der Waals surface area contributed by atoms with Crippen LogP contribution in [-0.2, 0) is 16.1 Å². The summed E-state index contributed by atoms with van der Waals surface area (Å²) in [7, 11) is 0. The second kappa shape index (κ2) is 8.02. The molecule has 0 aliphatic carbocycles. The molecule has 1 aromatic rings. The SMILES string of the molecule is CCC(CC)(CC(O)COCc1ccccc1)C(=O)O. The van der Waals surface area contributed by atoms with Crippen molar-refractivity contribution in [3.63, 3.8) is 0 Å². The van der Waals surface area contributed by atoms with E-state index in [1.165, 1.54) is 0 Å². The van der Waals surface area contributed by atoms with E-state index in [2.05, 4.69) is 0 Å². The Kier molecular flexibility index (Phi) is 6.68. The molecule has 112 valence electrons. The van der Waals surface area contributed by atoms with E-state index in [-0.39, 0.29) is 13.0 Å². The first-order valence-electron chi connectivity index (χ1n) is 7.07.